The standard InChI is InChI=1S/C20H21N3O/c1-15-9-10-16(2)19(11-15)22(3)20(24)18-12-21-23(14-18)13-17-7-5-4-6-8-17/h4-12,14H,13H2,1-3H3. The molecule has 0 aliphatic heterocycles. The van der Waals surface area contributed by atoms with E-state index in [-0.39, 0.29) is 5.91 Å². The smallest absolute Gasteiger partial charge is 0.261 e. The molecule has 0 spiro atoms. The van der Waals surface area contributed by atoms with E-state index in [1.807, 2.05) is 56.3 Å². The molecule has 3 rings (SSSR count). The summed E-state index contributed by atoms with van der Waals surface area (Å²) in [7, 11) is 1.80. The van der Waals surface area contributed by atoms with Crippen LogP contribution in [0.2, 0.25) is 0 Å². The second-order valence-electron chi connectivity index (χ2n) is 6.07. The summed E-state index contributed by atoms with van der Waals surface area (Å²) in [6, 6.07) is 16.2. The summed E-state index contributed by atoms with van der Waals surface area (Å²) in [4.78, 5) is 14.4. The van der Waals surface area contributed by atoms with Crippen LogP contribution in [0.5, 0.6) is 0 Å². The van der Waals surface area contributed by atoms with E-state index in [1.54, 1.807) is 29.0 Å². The lowest BCUT2D eigenvalue weighted by Gasteiger charge is -2.19. The minimum atomic E-state index is -0.0528. The zero-order valence-electron chi connectivity index (χ0n) is 14.2. The normalized spacial score (nSPS) is 10.6. The van der Waals surface area contributed by atoms with Crippen LogP contribution in [0.25, 0.3) is 0 Å². The fourth-order valence-electron chi connectivity index (χ4n) is 2.71. The molecule has 0 aliphatic rings. The molecule has 4 heteroatoms. The van der Waals surface area contributed by atoms with E-state index in [4.69, 9.17) is 0 Å². The molecule has 0 saturated carbocycles. The predicted molar refractivity (Wildman–Crippen MR) is 96.4 cm³/mol. The average molecular weight is 319 g/mol. The first kappa shape index (κ1) is 16.0. The summed E-state index contributed by atoms with van der Waals surface area (Å²) >= 11 is 0. The highest BCUT2D eigenvalue weighted by Gasteiger charge is 2.17. The molecule has 1 aromatic heterocycles. The van der Waals surface area contributed by atoms with Gasteiger partial charge in [0.1, 0.15) is 0 Å². The van der Waals surface area contributed by atoms with Gasteiger partial charge in [-0.05, 0) is 36.6 Å². The number of rotatable bonds is 4. The summed E-state index contributed by atoms with van der Waals surface area (Å²) in [5.74, 6) is -0.0528. The Bertz CT molecular complexity index is 852. The van der Waals surface area contributed by atoms with Gasteiger partial charge in [0.25, 0.3) is 5.91 Å². The Labute approximate surface area is 142 Å². The molecule has 24 heavy (non-hydrogen) atoms. The molecule has 0 bridgehead atoms. The second-order valence-corrected chi connectivity index (χ2v) is 6.07. The number of nitrogens with zero attached hydrogens (tertiary/aromatic N) is 3. The second kappa shape index (κ2) is 6.71. The number of anilines is 1. The van der Waals surface area contributed by atoms with Gasteiger partial charge in [0, 0.05) is 18.9 Å². The molecule has 2 aromatic carbocycles. The van der Waals surface area contributed by atoms with Crippen molar-refractivity contribution < 1.29 is 4.79 Å². The molecule has 3 aromatic rings. The molecule has 1 heterocycles. The molecular weight excluding hydrogens is 298 g/mol. The van der Waals surface area contributed by atoms with E-state index in [0.717, 1.165) is 22.4 Å². The predicted octanol–water partition coefficient (Wildman–Crippen LogP) is 3.82. The first-order chi connectivity index (χ1) is 11.5. The Kier molecular flexibility index (Phi) is 4.47. The maximum atomic E-state index is 12.7. The van der Waals surface area contributed by atoms with Gasteiger partial charge in [-0.3, -0.25) is 9.48 Å². The monoisotopic (exact) mass is 319 g/mol. The van der Waals surface area contributed by atoms with Crippen molar-refractivity contribution in [2.45, 2.75) is 20.4 Å². The fraction of sp³-hybridized carbons (Fsp3) is 0.200. The molecule has 0 N–H and O–H groups in total. The van der Waals surface area contributed by atoms with Crippen molar-refractivity contribution in [2.24, 2.45) is 0 Å². The average Bonchev–Trinajstić information content (AvgIpc) is 3.05. The first-order valence-corrected chi connectivity index (χ1v) is 7.96. The molecule has 0 atom stereocenters. The van der Waals surface area contributed by atoms with Crippen LogP contribution < -0.4 is 4.90 Å². The van der Waals surface area contributed by atoms with Crippen LogP contribution in [0, 0.1) is 13.8 Å². The van der Waals surface area contributed by atoms with Crippen molar-refractivity contribution in [3.05, 3.63) is 83.2 Å². The summed E-state index contributed by atoms with van der Waals surface area (Å²) in [5, 5.41) is 4.32. The molecule has 0 saturated heterocycles. The number of aryl methyl sites for hydroxylation is 2. The highest BCUT2D eigenvalue weighted by molar-refractivity contribution is 6.05. The van der Waals surface area contributed by atoms with Crippen LogP contribution in [0.3, 0.4) is 0 Å². The molecule has 0 unspecified atom stereocenters. The highest BCUT2D eigenvalue weighted by atomic mass is 16.2. The van der Waals surface area contributed by atoms with Gasteiger partial charge < -0.3 is 4.90 Å². The fourth-order valence-corrected chi connectivity index (χ4v) is 2.71. The number of carbonyl (C=O) groups excluding carboxylic acids is 1. The maximum Gasteiger partial charge on any atom is 0.261 e. The lowest BCUT2D eigenvalue weighted by atomic mass is 10.1. The van der Waals surface area contributed by atoms with Gasteiger partial charge in [0.2, 0.25) is 0 Å². The van der Waals surface area contributed by atoms with Crippen LogP contribution in [-0.2, 0) is 6.54 Å². The van der Waals surface area contributed by atoms with Crippen molar-refractivity contribution in [3.8, 4) is 0 Å². The van der Waals surface area contributed by atoms with E-state index in [9.17, 15) is 4.79 Å². The molecule has 122 valence electrons. The molecule has 1 amide bonds. The largest absolute Gasteiger partial charge is 0.311 e. The lowest BCUT2D eigenvalue weighted by molar-refractivity contribution is 0.0993. The van der Waals surface area contributed by atoms with Crippen molar-refractivity contribution in [1.29, 1.82) is 0 Å². The minimum absolute atomic E-state index is 0.0528. The number of hydrogen-bond acceptors (Lipinski definition) is 2. The zero-order chi connectivity index (χ0) is 17.1. The third-order valence-electron chi connectivity index (χ3n) is 4.10. The van der Waals surface area contributed by atoms with E-state index < -0.39 is 0 Å². The van der Waals surface area contributed by atoms with E-state index in [1.165, 1.54) is 0 Å². The zero-order valence-corrected chi connectivity index (χ0v) is 14.2. The highest BCUT2D eigenvalue weighted by Crippen LogP contribution is 2.22. The van der Waals surface area contributed by atoms with E-state index >= 15 is 0 Å². The van der Waals surface area contributed by atoms with E-state index in [0.29, 0.717) is 12.1 Å². The van der Waals surface area contributed by atoms with Crippen LogP contribution in [-0.4, -0.2) is 22.7 Å². The Morgan fingerprint density at radius 1 is 1.12 bits per heavy atom. The Balaban J connectivity index is 1.79. The SMILES string of the molecule is Cc1ccc(C)c(N(C)C(=O)c2cnn(Cc3ccccc3)c2)c1. The third kappa shape index (κ3) is 3.38. The number of amides is 1. The van der Waals surface area contributed by atoms with Gasteiger partial charge in [-0.1, -0.05) is 42.5 Å². The summed E-state index contributed by atoms with van der Waals surface area (Å²) < 4.78 is 1.79. The molecule has 0 radical (unpaired) electrons. The summed E-state index contributed by atoms with van der Waals surface area (Å²) in [5.41, 5.74) is 4.88. The van der Waals surface area contributed by atoms with Crippen LogP contribution >= 0.6 is 0 Å². The van der Waals surface area contributed by atoms with Gasteiger partial charge in [-0.25, -0.2) is 0 Å². The first-order valence-electron chi connectivity index (χ1n) is 7.96. The Morgan fingerprint density at radius 3 is 2.62 bits per heavy atom. The van der Waals surface area contributed by atoms with Gasteiger partial charge >= 0.3 is 0 Å². The molecular formula is C20H21N3O. The van der Waals surface area contributed by atoms with Crippen LogP contribution in [0.15, 0.2) is 60.9 Å². The molecule has 4 nitrogen and oxygen atoms in total. The minimum Gasteiger partial charge on any atom is -0.311 e. The van der Waals surface area contributed by atoms with Gasteiger partial charge in [0.15, 0.2) is 0 Å². The van der Waals surface area contributed by atoms with Gasteiger partial charge in [-0.15, -0.1) is 0 Å². The van der Waals surface area contributed by atoms with Crippen LogP contribution in [0.4, 0.5) is 5.69 Å². The quantitative estimate of drug-likeness (QED) is 0.733. The Morgan fingerprint density at radius 2 is 1.88 bits per heavy atom. The summed E-state index contributed by atoms with van der Waals surface area (Å²) in [6.07, 6.45) is 3.43. The van der Waals surface area contributed by atoms with Crippen molar-refractivity contribution in [2.75, 3.05) is 11.9 Å². The van der Waals surface area contributed by atoms with Crippen molar-refractivity contribution in [3.63, 3.8) is 0 Å². The van der Waals surface area contributed by atoms with E-state index in [2.05, 4.69) is 11.2 Å². The molecule has 0 fully saturated rings. The van der Waals surface area contributed by atoms with Crippen molar-refractivity contribution in [1.82, 2.24) is 9.78 Å². The number of benzene rings is 2. The van der Waals surface area contributed by atoms with Gasteiger partial charge in [-0.2, -0.15) is 5.10 Å². The number of hydrogen-bond donors (Lipinski definition) is 0. The van der Waals surface area contributed by atoms with Gasteiger partial charge in [0.05, 0.1) is 18.3 Å². The third-order valence-corrected chi connectivity index (χ3v) is 4.10. The topological polar surface area (TPSA) is 38.1 Å². The number of carbonyl (C=O) groups is 1. The van der Waals surface area contributed by atoms with Crippen molar-refractivity contribution >= 4 is 11.6 Å². The maximum absolute atomic E-state index is 12.7. The Hall–Kier alpha value is -2.88. The summed E-state index contributed by atoms with van der Waals surface area (Å²) in [6.45, 7) is 4.69. The van der Waals surface area contributed by atoms with Crippen LogP contribution in [0.1, 0.15) is 27.0 Å². The lowest BCUT2D eigenvalue weighted by Crippen LogP contribution is -2.26. The molecule has 0 aliphatic carbocycles. The number of aromatic nitrogens is 2.